The van der Waals surface area contributed by atoms with Crippen LogP contribution < -0.4 is 10.2 Å². The topological polar surface area (TPSA) is 57.7 Å². The number of nitrogens with one attached hydrogen (secondary N) is 1. The fourth-order valence-electron chi connectivity index (χ4n) is 2.89. The van der Waals surface area contributed by atoms with E-state index in [4.69, 9.17) is 4.74 Å². The molecule has 2 saturated heterocycles. The fraction of sp³-hybridized carbons (Fsp3) is 0.625. The van der Waals surface area contributed by atoms with Gasteiger partial charge >= 0.3 is 0 Å². The molecule has 6 nitrogen and oxygen atoms in total. The van der Waals surface area contributed by atoms with Gasteiger partial charge in [-0.15, -0.1) is 0 Å². The van der Waals surface area contributed by atoms with Crippen molar-refractivity contribution in [2.75, 3.05) is 51.3 Å². The fourth-order valence-corrected chi connectivity index (χ4v) is 2.89. The monoisotopic (exact) mass is 304 g/mol. The van der Waals surface area contributed by atoms with Gasteiger partial charge in [0.05, 0.1) is 12.6 Å². The molecule has 6 heteroatoms. The Bertz CT molecular complexity index is 509. The predicted molar refractivity (Wildman–Crippen MR) is 85.3 cm³/mol. The summed E-state index contributed by atoms with van der Waals surface area (Å²) >= 11 is 0. The van der Waals surface area contributed by atoms with Crippen molar-refractivity contribution < 1.29 is 9.53 Å². The molecule has 2 fully saturated rings. The van der Waals surface area contributed by atoms with Gasteiger partial charge in [-0.25, -0.2) is 4.98 Å². The molecule has 0 aromatic carbocycles. The molecule has 2 aliphatic heterocycles. The number of ether oxygens (including phenoxy) is 1. The molecule has 0 aliphatic carbocycles. The molecular formula is C16H24N4O2. The average Bonchev–Trinajstić information content (AvgIpc) is 2.56. The van der Waals surface area contributed by atoms with Crippen molar-refractivity contribution in [3.63, 3.8) is 0 Å². The lowest BCUT2D eigenvalue weighted by molar-refractivity contribution is 0.0624. The Morgan fingerprint density at radius 2 is 2.18 bits per heavy atom. The summed E-state index contributed by atoms with van der Waals surface area (Å²) in [6, 6.07) is 3.80. The molecular weight excluding hydrogens is 280 g/mol. The van der Waals surface area contributed by atoms with E-state index >= 15 is 0 Å². The summed E-state index contributed by atoms with van der Waals surface area (Å²) in [5.41, 5.74) is 0.675. The Hall–Kier alpha value is -1.66. The summed E-state index contributed by atoms with van der Waals surface area (Å²) in [5.74, 6) is 0.855. The number of aromatic nitrogens is 1. The first-order valence-corrected chi connectivity index (χ1v) is 8.00. The van der Waals surface area contributed by atoms with Crippen LogP contribution >= 0.6 is 0 Å². The molecule has 120 valence electrons. The minimum atomic E-state index is -0.0340. The third kappa shape index (κ3) is 3.75. The summed E-state index contributed by atoms with van der Waals surface area (Å²) in [6.45, 7) is 5.36. The highest BCUT2D eigenvalue weighted by Crippen LogP contribution is 2.15. The molecule has 1 aromatic heterocycles. The van der Waals surface area contributed by atoms with Crippen LogP contribution in [0.5, 0.6) is 0 Å². The molecule has 1 atom stereocenters. The number of rotatable bonds is 3. The number of anilines is 1. The molecule has 2 aliphatic rings. The zero-order chi connectivity index (χ0) is 15.4. The summed E-state index contributed by atoms with van der Waals surface area (Å²) in [7, 11) is 2.13. The summed E-state index contributed by atoms with van der Waals surface area (Å²) in [5, 5.41) is 3.05. The molecule has 0 spiro atoms. The SMILES string of the molecule is CN1CCN(c2cc(C(=O)NC3CCCOC3)ccn2)CC1. The normalized spacial score (nSPS) is 23.3. The average molecular weight is 304 g/mol. The summed E-state index contributed by atoms with van der Waals surface area (Å²) < 4.78 is 5.41. The van der Waals surface area contributed by atoms with Gasteiger partial charge in [0.1, 0.15) is 5.82 Å². The zero-order valence-corrected chi connectivity index (χ0v) is 13.1. The number of pyridine rings is 1. The molecule has 1 amide bonds. The first-order valence-electron chi connectivity index (χ1n) is 8.00. The van der Waals surface area contributed by atoms with Gasteiger partial charge in [0, 0.05) is 44.5 Å². The Labute approximate surface area is 131 Å². The van der Waals surface area contributed by atoms with Gasteiger partial charge in [0.2, 0.25) is 0 Å². The minimum Gasteiger partial charge on any atom is -0.379 e. The molecule has 0 bridgehead atoms. The molecule has 0 radical (unpaired) electrons. The largest absolute Gasteiger partial charge is 0.379 e. The standard InChI is InChI=1S/C16H24N4O2/c1-19-6-8-20(9-7-19)15-11-13(4-5-17-15)16(21)18-14-3-2-10-22-12-14/h4-5,11,14H,2-3,6-10,12H2,1H3,(H,18,21). The van der Waals surface area contributed by atoms with Crippen molar-refractivity contribution in [2.45, 2.75) is 18.9 Å². The predicted octanol–water partition coefficient (Wildman–Crippen LogP) is 0.742. The third-order valence-electron chi connectivity index (χ3n) is 4.33. The smallest absolute Gasteiger partial charge is 0.251 e. The third-order valence-corrected chi connectivity index (χ3v) is 4.33. The number of likely N-dealkylation sites (N-methyl/N-ethyl adjacent to an activating group) is 1. The maximum atomic E-state index is 12.4. The van der Waals surface area contributed by atoms with Crippen LogP contribution in [0.3, 0.4) is 0 Å². The molecule has 1 unspecified atom stereocenters. The lowest BCUT2D eigenvalue weighted by Crippen LogP contribution is -2.45. The maximum absolute atomic E-state index is 12.4. The van der Waals surface area contributed by atoms with Crippen molar-refractivity contribution >= 4 is 11.7 Å². The number of piperazine rings is 1. The van der Waals surface area contributed by atoms with Crippen molar-refractivity contribution in [1.82, 2.24) is 15.2 Å². The van der Waals surface area contributed by atoms with Gasteiger partial charge in [0.15, 0.2) is 0 Å². The van der Waals surface area contributed by atoms with E-state index < -0.39 is 0 Å². The zero-order valence-electron chi connectivity index (χ0n) is 13.1. The van der Waals surface area contributed by atoms with E-state index in [0.29, 0.717) is 12.2 Å². The van der Waals surface area contributed by atoms with Crippen LogP contribution in [0.2, 0.25) is 0 Å². The molecule has 22 heavy (non-hydrogen) atoms. The molecule has 1 aromatic rings. The first-order chi connectivity index (χ1) is 10.7. The van der Waals surface area contributed by atoms with Crippen LogP contribution in [-0.4, -0.2) is 68.3 Å². The van der Waals surface area contributed by atoms with E-state index in [2.05, 4.69) is 27.1 Å². The maximum Gasteiger partial charge on any atom is 0.251 e. The van der Waals surface area contributed by atoms with Gasteiger partial charge in [-0.2, -0.15) is 0 Å². The van der Waals surface area contributed by atoms with Crippen LogP contribution in [0.4, 0.5) is 5.82 Å². The summed E-state index contributed by atoms with van der Waals surface area (Å²) in [6.07, 6.45) is 3.72. The second-order valence-corrected chi connectivity index (χ2v) is 6.08. The Morgan fingerprint density at radius 1 is 1.36 bits per heavy atom. The van der Waals surface area contributed by atoms with E-state index in [9.17, 15) is 4.79 Å². The van der Waals surface area contributed by atoms with E-state index in [1.807, 2.05) is 6.07 Å². The Balaban J connectivity index is 1.63. The molecule has 3 heterocycles. The second kappa shape index (κ2) is 7.07. The number of amides is 1. The Kier molecular flexibility index (Phi) is 4.90. The van der Waals surface area contributed by atoms with Crippen LogP contribution in [-0.2, 0) is 4.74 Å². The molecule has 3 rings (SSSR count). The van der Waals surface area contributed by atoms with Gasteiger partial charge in [-0.1, -0.05) is 0 Å². The highest BCUT2D eigenvalue weighted by molar-refractivity contribution is 5.95. The lowest BCUT2D eigenvalue weighted by Gasteiger charge is -2.33. The van der Waals surface area contributed by atoms with Crippen LogP contribution in [0.25, 0.3) is 0 Å². The van der Waals surface area contributed by atoms with E-state index in [1.54, 1.807) is 12.3 Å². The van der Waals surface area contributed by atoms with Gasteiger partial charge < -0.3 is 19.9 Å². The molecule has 1 N–H and O–H groups in total. The van der Waals surface area contributed by atoms with Crippen LogP contribution in [0.1, 0.15) is 23.2 Å². The highest BCUT2D eigenvalue weighted by Gasteiger charge is 2.19. The summed E-state index contributed by atoms with van der Waals surface area (Å²) in [4.78, 5) is 21.3. The highest BCUT2D eigenvalue weighted by atomic mass is 16.5. The number of hydrogen-bond donors (Lipinski definition) is 1. The first kappa shape index (κ1) is 15.2. The number of hydrogen-bond acceptors (Lipinski definition) is 5. The Morgan fingerprint density at radius 3 is 2.91 bits per heavy atom. The quantitative estimate of drug-likeness (QED) is 0.893. The van der Waals surface area contributed by atoms with Crippen molar-refractivity contribution in [2.24, 2.45) is 0 Å². The number of carbonyl (C=O) groups excluding carboxylic acids is 1. The second-order valence-electron chi connectivity index (χ2n) is 6.08. The van der Waals surface area contributed by atoms with E-state index in [0.717, 1.165) is 51.4 Å². The minimum absolute atomic E-state index is 0.0340. The van der Waals surface area contributed by atoms with Crippen LogP contribution in [0.15, 0.2) is 18.3 Å². The number of carbonyl (C=O) groups is 1. The van der Waals surface area contributed by atoms with Crippen molar-refractivity contribution in [3.05, 3.63) is 23.9 Å². The molecule has 0 saturated carbocycles. The van der Waals surface area contributed by atoms with Gasteiger partial charge in [0.25, 0.3) is 5.91 Å². The van der Waals surface area contributed by atoms with Crippen molar-refractivity contribution in [1.29, 1.82) is 0 Å². The van der Waals surface area contributed by atoms with Crippen molar-refractivity contribution in [3.8, 4) is 0 Å². The van der Waals surface area contributed by atoms with Crippen LogP contribution in [0, 0.1) is 0 Å². The lowest BCUT2D eigenvalue weighted by atomic mass is 10.1. The van der Waals surface area contributed by atoms with E-state index in [-0.39, 0.29) is 11.9 Å². The van der Waals surface area contributed by atoms with Gasteiger partial charge in [-0.3, -0.25) is 4.79 Å². The van der Waals surface area contributed by atoms with E-state index in [1.165, 1.54) is 0 Å². The number of nitrogens with zero attached hydrogens (tertiary/aromatic N) is 3. The van der Waals surface area contributed by atoms with Gasteiger partial charge in [-0.05, 0) is 32.0 Å².